The molecule has 2 nitrogen and oxygen atoms in total. The highest BCUT2D eigenvalue weighted by molar-refractivity contribution is 7.99. The predicted molar refractivity (Wildman–Crippen MR) is 64.4 cm³/mol. The van der Waals surface area contributed by atoms with Gasteiger partial charge in [0, 0.05) is 24.0 Å². The summed E-state index contributed by atoms with van der Waals surface area (Å²) in [5.74, 6) is -1.03. The van der Waals surface area contributed by atoms with Gasteiger partial charge in [-0.05, 0) is 31.4 Å². The quantitative estimate of drug-likeness (QED) is 0.806. The molecule has 1 saturated carbocycles. The molecule has 0 aromatic heterocycles. The first-order valence-corrected chi connectivity index (χ1v) is 7.37. The largest absolute Gasteiger partial charge is 0.396 e. The normalized spacial score (nSPS) is 36.7. The van der Waals surface area contributed by atoms with Crippen LogP contribution < -0.4 is 0 Å². The van der Waals surface area contributed by atoms with E-state index in [0.717, 1.165) is 12.2 Å². The van der Waals surface area contributed by atoms with Crippen molar-refractivity contribution in [3.63, 3.8) is 0 Å². The molecule has 1 aliphatic heterocycles. The SMILES string of the molecule is OCC1(C2(O)CCCSC2)CCC(F)(F)CC1. The maximum Gasteiger partial charge on any atom is 0.248 e. The molecule has 0 aromatic carbocycles. The first kappa shape index (κ1) is 13.6. The zero-order chi connectivity index (χ0) is 12.6. The lowest BCUT2D eigenvalue weighted by molar-refractivity contribution is -0.158. The smallest absolute Gasteiger partial charge is 0.248 e. The minimum absolute atomic E-state index is 0.180. The third-order valence-corrected chi connectivity index (χ3v) is 5.71. The first-order chi connectivity index (χ1) is 7.93. The summed E-state index contributed by atoms with van der Waals surface area (Å²) >= 11 is 1.66. The number of halogens is 2. The highest BCUT2D eigenvalue weighted by atomic mass is 32.2. The van der Waals surface area contributed by atoms with Crippen molar-refractivity contribution >= 4 is 11.8 Å². The van der Waals surface area contributed by atoms with Gasteiger partial charge in [-0.25, -0.2) is 8.78 Å². The summed E-state index contributed by atoms with van der Waals surface area (Å²) in [6.07, 6.45) is 1.58. The van der Waals surface area contributed by atoms with Crippen molar-refractivity contribution in [1.82, 2.24) is 0 Å². The number of hydrogen-bond donors (Lipinski definition) is 2. The van der Waals surface area contributed by atoms with Crippen molar-refractivity contribution in [2.75, 3.05) is 18.1 Å². The van der Waals surface area contributed by atoms with Gasteiger partial charge in [0.1, 0.15) is 0 Å². The second-order valence-electron chi connectivity index (χ2n) is 5.48. The van der Waals surface area contributed by atoms with Crippen LogP contribution in [-0.4, -0.2) is 39.8 Å². The number of rotatable bonds is 2. The fourth-order valence-corrected chi connectivity index (χ4v) is 4.34. The Morgan fingerprint density at radius 2 is 1.71 bits per heavy atom. The van der Waals surface area contributed by atoms with Crippen LogP contribution in [0.4, 0.5) is 8.78 Å². The van der Waals surface area contributed by atoms with Gasteiger partial charge in [-0.3, -0.25) is 0 Å². The Kier molecular flexibility index (Phi) is 3.72. The average Bonchev–Trinajstić information content (AvgIpc) is 2.30. The summed E-state index contributed by atoms with van der Waals surface area (Å²) in [7, 11) is 0. The molecule has 100 valence electrons. The number of alkyl halides is 2. The van der Waals surface area contributed by atoms with Crippen molar-refractivity contribution in [2.24, 2.45) is 5.41 Å². The monoisotopic (exact) mass is 266 g/mol. The topological polar surface area (TPSA) is 40.5 Å². The molecule has 2 N–H and O–H groups in total. The third-order valence-electron chi connectivity index (χ3n) is 4.45. The van der Waals surface area contributed by atoms with E-state index in [1.54, 1.807) is 11.8 Å². The highest BCUT2D eigenvalue weighted by Gasteiger charge is 2.54. The van der Waals surface area contributed by atoms with Crippen LogP contribution in [0.25, 0.3) is 0 Å². The van der Waals surface area contributed by atoms with Gasteiger partial charge < -0.3 is 10.2 Å². The molecule has 2 aliphatic rings. The van der Waals surface area contributed by atoms with Gasteiger partial charge in [-0.1, -0.05) is 0 Å². The molecule has 1 aliphatic carbocycles. The van der Waals surface area contributed by atoms with Gasteiger partial charge in [0.25, 0.3) is 0 Å². The summed E-state index contributed by atoms with van der Waals surface area (Å²) in [4.78, 5) is 0. The molecule has 1 heterocycles. The van der Waals surface area contributed by atoms with E-state index in [2.05, 4.69) is 0 Å². The Bertz CT molecular complexity index is 268. The van der Waals surface area contributed by atoms with E-state index < -0.39 is 16.9 Å². The Hall–Kier alpha value is 0.130. The van der Waals surface area contributed by atoms with E-state index in [4.69, 9.17) is 0 Å². The summed E-state index contributed by atoms with van der Waals surface area (Å²) in [6, 6.07) is 0. The minimum atomic E-state index is -2.61. The van der Waals surface area contributed by atoms with Crippen molar-refractivity contribution in [3.05, 3.63) is 0 Å². The van der Waals surface area contributed by atoms with Crippen LogP contribution in [0.15, 0.2) is 0 Å². The van der Waals surface area contributed by atoms with E-state index in [1.807, 2.05) is 0 Å². The standard InChI is InChI=1S/C12H20F2O2S/c13-12(14)5-3-10(8-15,4-6-12)11(16)2-1-7-17-9-11/h15-16H,1-9H2. The molecule has 1 atom stereocenters. The lowest BCUT2D eigenvalue weighted by Crippen LogP contribution is -2.56. The fraction of sp³-hybridized carbons (Fsp3) is 1.00. The van der Waals surface area contributed by atoms with Crippen LogP contribution in [0.1, 0.15) is 38.5 Å². The lowest BCUT2D eigenvalue weighted by atomic mass is 9.62. The average molecular weight is 266 g/mol. The Morgan fingerprint density at radius 1 is 1.06 bits per heavy atom. The predicted octanol–water partition coefficient (Wildman–Crippen LogP) is 2.43. The third kappa shape index (κ3) is 2.47. The molecule has 0 amide bonds. The van der Waals surface area contributed by atoms with Crippen LogP contribution >= 0.6 is 11.8 Å². The Balaban J connectivity index is 2.14. The van der Waals surface area contributed by atoms with Crippen LogP contribution in [-0.2, 0) is 0 Å². The summed E-state index contributed by atoms with van der Waals surface area (Å²) < 4.78 is 26.4. The van der Waals surface area contributed by atoms with E-state index in [1.165, 1.54) is 0 Å². The zero-order valence-electron chi connectivity index (χ0n) is 9.92. The fourth-order valence-electron chi connectivity index (χ4n) is 3.06. The summed E-state index contributed by atoms with van der Waals surface area (Å²) in [6.45, 7) is -0.180. The molecule has 17 heavy (non-hydrogen) atoms. The molecular weight excluding hydrogens is 246 g/mol. The van der Waals surface area contributed by atoms with Crippen molar-refractivity contribution in [3.8, 4) is 0 Å². The van der Waals surface area contributed by atoms with Crippen LogP contribution in [0.5, 0.6) is 0 Å². The van der Waals surface area contributed by atoms with E-state index >= 15 is 0 Å². The maximum atomic E-state index is 13.2. The molecule has 5 heteroatoms. The van der Waals surface area contributed by atoms with Gasteiger partial charge in [-0.15, -0.1) is 0 Å². The van der Waals surface area contributed by atoms with Crippen molar-refractivity contribution in [1.29, 1.82) is 0 Å². The van der Waals surface area contributed by atoms with E-state index in [9.17, 15) is 19.0 Å². The van der Waals surface area contributed by atoms with Crippen LogP contribution in [0.2, 0.25) is 0 Å². The van der Waals surface area contributed by atoms with Crippen LogP contribution in [0, 0.1) is 5.41 Å². The number of aliphatic hydroxyl groups is 2. The van der Waals surface area contributed by atoms with Crippen molar-refractivity contribution in [2.45, 2.75) is 50.0 Å². The summed E-state index contributed by atoms with van der Waals surface area (Å²) in [5, 5.41) is 20.3. The molecule has 0 radical (unpaired) electrons. The number of aliphatic hydroxyl groups excluding tert-OH is 1. The van der Waals surface area contributed by atoms with Gasteiger partial charge in [0.15, 0.2) is 0 Å². The minimum Gasteiger partial charge on any atom is -0.396 e. The number of thioether (sulfide) groups is 1. The van der Waals surface area contributed by atoms with Crippen LogP contribution in [0.3, 0.4) is 0 Å². The highest BCUT2D eigenvalue weighted by Crippen LogP contribution is 2.52. The second kappa shape index (κ2) is 4.67. The molecule has 1 saturated heterocycles. The molecule has 0 bridgehead atoms. The zero-order valence-corrected chi connectivity index (χ0v) is 10.7. The van der Waals surface area contributed by atoms with E-state index in [-0.39, 0.29) is 32.3 Å². The summed E-state index contributed by atoms with van der Waals surface area (Å²) in [5.41, 5.74) is -1.66. The molecule has 2 fully saturated rings. The second-order valence-corrected chi connectivity index (χ2v) is 6.59. The van der Waals surface area contributed by atoms with Gasteiger partial charge in [0.05, 0.1) is 12.2 Å². The van der Waals surface area contributed by atoms with Crippen molar-refractivity contribution < 1.29 is 19.0 Å². The van der Waals surface area contributed by atoms with Gasteiger partial charge in [-0.2, -0.15) is 11.8 Å². The number of hydrogen-bond acceptors (Lipinski definition) is 3. The molecule has 1 unspecified atom stereocenters. The van der Waals surface area contributed by atoms with Gasteiger partial charge in [0.2, 0.25) is 5.92 Å². The molecule has 0 aromatic rings. The molecular formula is C12H20F2O2S. The van der Waals surface area contributed by atoms with E-state index in [0.29, 0.717) is 12.2 Å². The lowest BCUT2D eigenvalue weighted by Gasteiger charge is -2.51. The molecule has 2 rings (SSSR count). The Labute approximate surface area is 105 Å². The first-order valence-electron chi connectivity index (χ1n) is 6.22. The van der Waals surface area contributed by atoms with Gasteiger partial charge >= 0.3 is 0 Å². The maximum absolute atomic E-state index is 13.2. The Morgan fingerprint density at radius 3 is 2.18 bits per heavy atom. The molecule has 0 spiro atoms.